The first-order valence-corrected chi connectivity index (χ1v) is 9.92. The van der Waals surface area contributed by atoms with Gasteiger partial charge in [-0.2, -0.15) is 0 Å². The Morgan fingerprint density at radius 2 is 1.83 bits per heavy atom. The van der Waals surface area contributed by atoms with E-state index in [4.69, 9.17) is 0 Å². The number of fused-ring (bicyclic) bond motifs is 1. The van der Waals surface area contributed by atoms with Crippen molar-refractivity contribution in [3.63, 3.8) is 0 Å². The van der Waals surface area contributed by atoms with Gasteiger partial charge >= 0.3 is 0 Å². The van der Waals surface area contributed by atoms with Crippen LogP contribution in [0.3, 0.4) is 0 Å². The number of aryl methyl sites for hydroxylation is 1. The van der Waals surface area contributed by atoms with Gasteiger partial charge in [0.25, 0.3) is 0 Å². The standard InChI is InChI=1S/C18H24N2O3S/c1-14(21)19-9-11-20(12-10-19)18(22)8-13-24(23)17-7-6-15-4-2-3-5-16(15)17/h2-5,17H,6-13H2,1H3. The van der Waals surface area contributed by atoms with Gasteiger partial charge in [0.1, 0.15) is 11.0 Å². The van der Waals surface area contributed by atoms with Gasteiger partial charge in [-0.15, -0.1) is 0 Å². The van der Waals surface area contributed by atoms with Gasteiger partial charge in [0.05, 0.1) is 6.42 Å². The number of piperazine rings is 1. The summed E-state index contributed by atoms with van der Waals surface area (Å²) in [6, 6.07) is 8.18. The fourth-order valence-electron chi connectivity index (χ4n) is 3.55. The van der Waals surface area contributed by atoms with Crippen molar-refractivity contribution in [2.75, 3.05) is 31.9 Å². The van der Waals surface area contributed by atoms with Crippen molar-refractivity contribution in [2.24, 2.45) is 0 Å². The summed E-state index contributed by atoms with van der Waals surface area (Å²) in [5, 5.41) is 0.0727. The average Bonchev–Trinajstić information content (AvgIpc) is 3.03. The van der Waals surface area contributed by atoms with Crippen LogP contribution in [0.1, 0.15) is 36.1 Å². The lowest BCUT2D eigenvalue weighted by Crippen LogP contribution is -2.50. The molecule has 1 aromatic carbocycles. The fourth-order valence-corrected chi connectivity index (χ4v) is 5.10. The van der Waals surface area contributed by atoms with Gasteiger partial charge in [0.15, 0.2) is 0 Å². The zero-order valence-electron chi connectivity index (χ0n) is 14.1. The SMILES string of the molecule is CC(=O)N1CCN(C(=O)CC[S+]([O-])C2CCc3ccccc32)CC1. The maximum absolute atomic E-state index is 12.6. The Morgan fingerprint density at radius 3 is 2.54 bits per heavy atom. The van der Waals surface area contributed by atoms with Crippen LogP contribution in [0.2, 0.25) is 0 Å². The number of rotatable bonds is 4. The van der Waals surface area contributed by atoms with E-state index >= 15 is 0 Å². The van der Waals surface area contributed by atoms with Gasteiger partial charge < -0.3 is 14.4 Å². The van der Waals surface area contributed by atoms with Gasteiger partial charge in [-0.25, -0.2) is 0 Å². The molecule has 130 valence electrons. The van der Waals surface area contributed by atoms with E-state index in [9.17, 15) is 14.1 Å². The predicted molar refractivity (Wildman–Crippen MR) is 94.0 cm³/mol. The van der Waals surface area contributed by atoms with Crippen LogP contribution in [0.4, 0.5) is 0 Å². The Kier molecular flexibility index (Phi) is 5.46. The third-order valence-electron chi connectivity index (χ3n) is 4.99. The first kappa shape index (κ1) is 17.3. The summed E-state index contributed by atoms with van der Waals surface area (Å²) in [5.41, 5.74) is 2.49. The Hall–Kier alpha value is -1.53. The van der Waals surface area contributed by atoms with Crippen LogP contribution in [0, 0.1) is 0 Å². The van der Waals surface area contributed by atoms with Gasteiger partial charge in [-0.05, 0) is 23.2 Å². The van der Waals surface area contributed by atoms with Crippen molar-refractivity contribution in [1.29, 1.82) is 0 Å². The first-order chi connectivity index (χ1) is 11.6. The molecule has 0 bridgehead atoms. The maximum Gasteiger partial charge on any atom is 0.227 e. The summed E-state index contributed by atoms with van der Waals surface area (Å²) in [6.07, 6.45) is 2.22. The molecule has 0 radical (unpaired) electrons. The average molecular weight is 348 g/mol. The second-order valence-electron chi connectivity index (χ2n) is 6.45. The minimum absolute atomic E-state index is 0.0536. The summed E-state index contributed by atoms with van der Waals surface area (Å²) < 4.78 is 12.6. The van der Waals surface area contributed by atoms with Crippen LogP contribution in [0.5, 0.6) is 0 Å². The Morgan fingerprint density at radius 1 is 1.17 bits per heavy atom. The quantitative estimate of drug-likeness (QED) is 0.775. The molecule has 2 amide bonds. The molecule has 5 nitrogen and oxygen atoms in total. The molecule has 1 aliphatic heterocycles. The monoisotopic (exact) mass is 348 g/mol. The Balaban J connectivity index is 1.48. The first-order valence-electron chi connectivity index (χ1n) is 8.54. The lowest BCUT2D eigenvalue weighted by Gasteiger charge is -2.34. The summed E-state index contributed by atoms with van der Waals surface area (Å²) >= 11 is -1.01. The van der Waals surface area contributed by atoms with Crippen molar-refractivity contribution in [3.05, 3.63) is 35.4 Å². The van der Waals surface area contributed by atoms with Crippen LogP contribution >= 0.6 is 0 Å². The van der Waals surface area contributed by atoms with E-state index < -0.39 is 11.2 Å². The molecule has 24 heavy (non-hydrogen) atoms. The lowest BCUT2D eigenvalue weighted by atomic mass is 10.1. The molecule has 1 aromatic rings. The summed E-state index contributed by atoms with van der Waals surface area (Å²) in [4.78, 5) is 27.2. The largest absolute Gasteiger partial charge is 0.616 e. The molecule has 0 N–H and O–H groups in total. The molecule has 3 rings (SSSR count). The van der Waals surface area contributed by atoms with Gasteiger partial charge in [-0.3, -0.25) is 9.59 Å². The zero-order valence-corrected chi connectivity index (χ0v) is 14.9. The Labute approximate surface area is 146 Å². The molecule has 2 unspecified atom stereocenters. The van der Waals surface area contributed by atoms with Crippen LogP contribution in [-0.2, 0) is 27.2 Å². The van der Waals surface area contributed by atoms with Crippen molar-refractivity contribution in [2.45, 2.75) is 31.4 Å². The maximum atomic E-state index is 12.6. The molecule has 1 fully saturated rings. The highest BCUT2D eigenvalue weighted by Gasteiger charge is 2.32. The second kappa shape index (κ2) is 7.57. The van der Waals surface area contributed by atoms with Crippen LogP contribution < -0.4 is 0 Å². The minimum Gasteiger partial charge on any atom is -0.616 e. The van der Waals surface area contributed by atoms with E-state index in [2.05, 4.69) is 12.1 Å². The van der Waals surface area contributed by atoms with E-state index in [1.807, 2.05) is 12.1 Å². The molecule has 1 heterocycles. The molecule has 0 spiro atoms. The second-order valence-corrected chi connectivity index (χ2v) is 8.19. The fraction of sp³-hybridized carbons (Fsp3) is 0.556. The molecular formula is C18H24N2O3S. The highest BCUT2D eigenvalue weighted by Crippen LogP contribution is 2.37. The number of hydrogen-bond acceptors (Lipinski definition) is 3. The van der Waals surface area contributed by atoms with Crippen molar-refractivity contribution in [3.8, 4) is 0 Å². The van der Waals surface area contributed by atoms with E-state index in [1.54, 1.807) is 16.7 Å². The van der Waals surface area contributed by atoms with E-state index in [0.717, 1.165) is 12.8 Å². The normalized spacial score (nSPS) is 21.5. The van der Waals surface area contributed by atoms with Gasteiger partial charge in [0, 0.05) is 45.1 Å². The molecule has 2 atom stereocenters. The smallest absolute Gasteiger partial charge is 0.227 e. The molecule has 6 heteroatoms. The van der Waals surface area contributed by atoms with Crippen molar-refractivity contribution >= 4 is 23.0 Å². The zero-order chi connectivity index (χ0) is 17.1. The Bertz CT molecular complexity index is 614. The molecule has 0 saturated carbocycles. The topological polar surface area (TPSA) is 63.7 Å². The van der Waals surface area contributed by atoms with E-state index in [0.29, 0.717) is 38.4 Å². The minimum atomic E-state index is -1.01. The highest BCUT2D eigenvalue weighted by molar-refractivity contribution is 7.91. The number of carbonyl (C=O) groups excluding carboxylic acids is 2. The molecular weight excluding hydrogens is 324 g/mol. The van der Waals surface area contributed by atoms with Crippen LogP contribution in [0.25, 0.3) is 0 Å². The number of hydrogen-bond donors (Lipinski definition) is 0. The van der Waals surface area contributed by atoms with Crippen molar-refractivity contribution < 1.29 is 14.1 Å². The van der Waals surface area contributed by atoms with E-state index in [1.165, 1.54) is 11.1 Å². The number of nitrogens with zero attached hydrogens (tertiary/aromatic N) is 2. The molecule has 2 aliphatic rings. The van der Waals surface area contributed by atoms with E-state index in [-0.39, 0.29) is 17.1 Å². The molecule has 1 aliphatic carbocycles. The van der Waals surface area contributed by atoms with Crippen LogP contribution in [0.15, 0.2) is 24.3 Å². The third-order valence-corrected chi connectivity index (χ3v) is 6.72. The van der Waals surface area contributed by atoms with Crippen molar-refractivity contribution in [1.82, 2.24) is 9.80 Å². The highest BCUT2D eigenvalue weighted by atomic mass is 32.2. The molecule has 0 aromatic heterocycles. The van der Waals surface area contributed by atoms with Gasteiger partial charge in [0.2, 0.25) is 11.8 Å². The van der Waals surface area contributed by atoms with Gasteiger partial charge in [-0.1, -0.05) is 24.3 Å². The number of carbonyl (C=O) groups is 2. The summed E-state index contributed by atoms with van der Waals surface area (Å²) in [5.74, 6) is 0.533. The lowest BCUT2D eigenvalue weighted by molar-refractivity contribution is -0.138. The summed E-state index contributed by atoms with van der Waals surface area (Å²) in [7, 11) is 0. The third kappa shape index (κ3) is 3.75. The summed E-state index contributed by atoms with van der Waals surface area (Å²) in [6.45, 7) is 3.91. The predicted octanol–water partition coefficient (Wildman–Crippen LogP) is 1.50. The van der Waals surface area contributed by atoms with Crippen LogP contribution in [-0.4, -0.2) is 58.1 Å². The number of benzene rings is 1. The number of amides is 2. The molecule has 1 saturated heterocycles.